The van der Waals surface area contributed by atoms with Crippen LogP contribution in [0.15, 0.2) is 36.9 Å². The van der Waals surface area contributed by atoms with Gasteiger partial charge in [-0.15, -0.1) is 6.58 Å². The SMILES string of the molecule is C=CCCCOc1cccc(C(C)NCC)c1. The number of nitrogens with one attached hydrogen (secondary N) is 1. The molecule has 1 aromatic carbocycles. The lowest BCUT2D eigenvalue weighted by Crippen LogP contribution is -2.17. The lowest BCUT2D eigenvalue weighted by Gasteiger charge is -2.14. The summed E-state index contributed by atoms with van der Waals surface area (Å²) < 4.78 is 5.70. The number of hydrogen-bond acceptors (Lipinski definition) is 2. The molecule has 2 nitrogen and oxygen atoms in total. The minimum absolute atomic E-state index is 0.372. The highest BCUT2D eigenvalue weighted by Gasteiger charge is 2.04. The second-order valence-electron chi connectivity index (χ2n) is 4.13. The highest BCUT2D eigenvalue weighted by atomic mass is 16.5. The molecule has 0 amide bonds. The van der Waals surface area contributed by atoms with Gasteiger partial charge >= 0.3 is 0 Å². The van der Waals surface area contributed by atoms with E-state index in [1.54, 1.807) is 0 Å². The van der Waals surface area contributed by atoms with Crippen LogP contribution < -0.4 is 10.1 Å². The molecule has 0 bridgehead atoms. The zero-order valence-electron chi connectivity index (χ0n) is 10.9. The molecule has 0 radical (unpaired) electrons. The average molecular weight is 233 g/mol. The quantitative estimate of drug-likeness (QED) is 0.546. The Kier molecular flexibility index (Phi) is 6.41. The smallest absolute Gasteiger partial charge is 0.119 e. The molecule has 1 atom stereocenters. The van der Waals surface area contributed by atoms with E-state index in [4.69, 9.17) is 4.74 Å². The van der Waals surface area contributed by atoms with Crippen LogP contribution >= 0.6 is 0 Å². The summed E-state index contributed by atoms with van der Waals surface area (Å²) in [7, 11) is 0. The first kappa shape index (κ1) is 13.8. The third kappa shape index (κ3) is 5.05. The van der Waals surface area contributed by atoms with Crippen LogP contribution in [0.1, 0.15) is 38.3 Å². The second-order valence-corrected chi connectivity index (χ2v) is 4.13. The molecule has 1 aromatic rings. The number of ether oxygens (including phenoxy) is 1. The van der Waals surface area contributed by atoms with Gasteiger partial charge in [0.15, 0.2) is 0 Å². The molecule has 94 valence electrons. The van der Waals surface area contributed by atoms with Crippen LogP contribution in [0, 0.1) is 0 Å². The number of rotatable bonds is 8. The summed E-state index contributed by atoms with van der Waals surface area (Å²) in [6.45, 7) is 9.72. The van der Waals surface area contributed by atoms with Crippen LogP contribution in [-0.4, -0.2) is 13.2 Å². The van der Waals surface area contributed by atoms with Gasteiger partial charge in [-0.25, -0.2) is 0 Å². The topological polar surface area (TPSA) is 21.3 Å². The van der Waals surface area contributed by atoms with Crippen molar-refractivity contribution in [2.75, 3.05) is 13.2 Å². The maximum absolute atomic E-state index is 5.70. The van der Waals surface area contributed by atoms with Crippen LogP contribution in [0.25, 0.3) is 0 Å². The first-order chi connectivity index (χ1) is 8.27. The number of benzene rings is 1. The van der Waals surface area contributed by atoms with Crippen molar-refractivity contribution < 1.29 is 4.74 Å². The molecule has 1 rings (SSSR count). The Morgan fingerprint density at radius 1 is 1.47 bits per heavy atom. The van der Waals surface area contributed by atoms with E-state index in [1.807, 2.05) is 18.2 Å². The van der Waals surface area contributed by atoms with Crippen LogP contribution in [0.3, 0.4) is 0 Å². The molecular weight excluding hydrogens is 210 g/mol. The van der Waals surface area contributed by atoms with Gasteiger partial charge in [0.25, 0.3) is 0 Å². The molecule has 0 aromatic heterocycles. The molecule has 0 saturated carbocycles. The third-order valence-corrected chi connectivity index (χ3v) is 2.69. The first-order valence-corrected chi connectivity index (χ1v) is 6.35. The molecule has 17 heavy (non-hydrogen) atoms. The summed E-state index contributed by atoms with van der Waals surface area (Å²) in [4.78, 5) is 0. The van der Waals surface area contributed by atoms with E-state index < -0.39 is 0 Å². The summed E-state index contributed by atoms with van der Waals surface area (Å²) in [6.07, 6.45) is 3.96. The van der Waals surface area contributed by atoms with Crippen LogP contribution in [-0.2, 0) is 0 Å². The van der Waals surface area contributed by atoms with Crippen LogP contribution in [0.5, 0.6) is 5.75 Å². The summed E-state index contributed by atoms with van der Waals surface area (Å²) in [5, 5.41) is 3.40. The summed E-state index contributed by atoms with van der Waals surface area (Å²) in [5.41, 5.74) is 1.27. The minimum Gasteiger partial charge on any atom is -0.494 e. The molecule has 1 unspecified atom stereocenters. The predicted octanol–water partition coefficient (Wildman–Crippen LogP) is 3.70. The normalized spacial score (nSPS) is 12.1. The average Bonchev–Trinajstić information content (AvgIpc) is 2.35. The van der Waals surface area contributed by atoms with E-state index in [9.17, 15) is 0 Å². The molecule has 0 aliphatic carbocycles. The van der Waals surface area contributed by atoms with Gasteiger partial charge < -0.3 is 10.1 Å². The van der Waals surface area contributed by atoms with Gasteiger partial charge in [-0.05, 0) is 44.0 Å². The van der Waals surface area contributed by atoms with Gasteiger partial charge in [0.05, 0.1) is 6.61 Å². The molecule has 0 heterocycles. The number of unbranched alkanes of at least 4 members (excludes halogenated alkanes) is 1. The fraction of sp³-hybridized carbons (Fsp3) is 0.467. The van der Waals surface area contributed by atoms with Gasteiger partial charge in [0.2, 0.25) is 0 Å². The van der Waals surface area contributed by atoms with E-state index in [0.29, 0.717) is 6.04 Å². The van der Waals surface area contributed by atoms with Gasteiger partial charge in [-0.2, -0.15) is 0 Å². The first-order valence-electron chi connectivity index (χ1n) is 6.35. The molecular formula is C15H23NO. The highest BCUT2D eigenvalue weighted by molar-refractivity contribution is 5.30. The lowest BCUT2D eigenvalue weighted by molar-refractivity contribution is 0.311. The summed E-state index contributed by atoms with van der Waals surface area (Å²) in [6, 6.07) is 8.67. The number of hydrogen-bond donors (Lipinski definition) is 1. The fourth-order valence-corrected chi connectivity index (χ4v) is 1.72. The van der Waals surface area contributed by atoms with Gasteiger partial charge in [-0.3, -0.25) is 0 Å². The molecule has 1 N–H and O–H groups in total. The molecule has 0 saturated heterocycles. The Morgan fingerprint density at radius 2 is 2.29 bits per heavy atom. The van der Waals surface area contributed by atoms with E-state index >= 15 is 0 Å². The van der Waals surface area contributed by atoms with E-state index in [0.717, 1.165) is 31.7 Å². The van der Waals surface area contributed by atoms with E-state index in [2.05, 4.69) is 37.9 Å². The van der Waals surface area contributed by atoms with Crippen LogP contribution in [0.4, 0.5) is 0 Å². The van der Waals surface area contributed by atoms with Crippen molar-refractivity contribution in [3.8, 4) is 5.75 Å². The lowest BCUT2D eigenvalue weighted by atomic mass is 10.1. The van der Waals surface area contributed by atoms with Gasteiger partial charge in [-0.1, -0.05) is 25.1 Å². The Balaban J connectivity index is 2.50. The molecule has 0 spiro atoms. The van der Waals surface area contributed by atoms with Gasteiger partial charge in [0, 0.05) is 6.04 Å². The highest BCUT2D eigenvalue weighted by Crippen LogP contribution is 2.19. The van der Waals surface area contributed by atoms with Crippen LogP contribution in [0.2, 0.25) is 0 Å². The summed E-state index contributed by atoms with van der Waals surface area (Å²) in [5.74, 6) is 0.955. The number of allylic oxidation sites excluding steroid dienone is 1. The maximum atomic E-state index is 5.70. The summed E-state index contributed by atoms with van der Waals surface area (Å²) >= 11 is 0. The standard InChI is InChI=1S/C15H23NO/c1-4-6-7-11-17-15-10-8-9-14(12-15)13(3)16-5-2/h4,8-10,12-13,16H,1,5-7,11H2,2-3H3. The molecule has 0 fully saturated rings. The minimum atomic E-state index is 0.372. The Labute approximate surface area is 105 Å². The second kappa shape index (κ2) is 7.91. The zero-order valence-corrected chi connectivity index (χ0v) is 10.9. The molecule has 2 heteroatoms. The largest absolute Gasteiger partial charge is 0.494 e. The third-order valence-electron chi connectivity index (χ3n) is 2.69. The van der Waals surface area contributed by atoms with E-state index in [-0.39, 0.29) is 0 Å². The Morgan fingerprint density at radius 3 is 3.00 bits per heavy atom. The van der Waals surface area contributed by atoms with Gasteiger partial charge in [0.1, 0.15) is 5.75 Å². The Hall–Kier alpha value is -1.28. The van der Waals surface area contributed by atoms with Crippen molar-refractivity contribution in [1.82, 2.24) is 5.32 Å². The van der Waals surface area contributed by atoms with E-state index in [1.165, 1.54) is 5.56 Å². The predicted molar refractivity (Wildman–Crippen MR) is 73.5 cm³/mol. The zero-order chi connectivity index (χ0) is 12.5. The van der Waals surface area contributed by atoms with Crippen molar-refractivity contribution >= 4 is 0 Å². The Bertz CT molecular complexity index is 335. The van der Waals surface area contributed by atoms with Crippen molar-refractivity contribution in [1.29, 1.82) is 0 Å². The van der Waals surface area contributed by atoms with Crippen molar-refractivity contribution in [2.45, 2.75) is 32.7 Å². The molecule has 0 aliphatic heterocycles. The van der Waals surface area contributed by atoms with Crippen molar-refractivity contribution in [2.24, 2.45) is 0 Å². The molecule has 0 aliphatic rings. The maximum Gasteiger partial charge on any atom is 0.119 e. The fourth-order valence-electron chi connectivity index (χ4n) is 1.72. The van der Waals surface area contributed by atoms with Crippen molar-refractivity contribution in [3.63, 3.8) is 0 Å². The monoisotopic (exact) mass is 233 g/mol. The van der Waals surface area contributed by atoms with Crippen molar-refractivity contribution in [3.05, 3.63) is 42.5 Å².